The third-order valence-corrected chi connectivity index (χ3v) is 4.46. The number of carbonyl (C=O) groups is 3. The van der Waals surface area contributed by atoms with E-state index in [9.17, 15) is 18.8 Å². The van der Waals surface area contributed by atoms with Crippen molar-refractivity contribution in [2.45, 2.75) is 51.7 Å². The summed E-state index contributed by atoms with van der Waals surface area (Å²) < 4.78 is 19.3. The second-order valence-corrected chi connectivity index (χ2v) is 8.01. The lowest BCUT2D eigenvalue weighted by atomic mass is 10.0. The van der Waals surface area contributed by atoms with Crippen molar-refractivity contribution in [2.24, 2.45) is 5.92 Å². The molecule has 8 heteroatoms. The quantitative estimate of drug-likeness (QED) is 0.773. The van der Waals surface area contributed by atoms with Crippen LogP contribution >= 0.6 is 0 Å². The third kappa shape index (κ3) is 6.51. The zero-order chi connectivity index (χ0) is 20.9. The number of aliphatic carboxylic acids is 1. The first-order valence-electron chi connectivity index (χ1n) is 9.28. The smallest absolute Gasteiger partial charge is 0.407 e. The molecule has 2 N–H and O–H groups in total. The molecule has 7 nitrogen and oxygen atoms in total. The maximum atomic E-state index is 14.0. The summed E-state index contributed by atoms with van der Waals surface area (Å²) in [5.74, 6) is -2.20. The van der Waals surface area contributed by atoms with E-state index in [1.165, 1.54) is 11.0 Å². The molecule has 1 aromatic carbocycles. The van der Waals surface area contributed by atoms with Gasteiger partial charge in [0.05, 0.1) is 5.92 Å². The normalized spacial score (nSPS) is 17.9. The van der Waals surface area contributed by atoms with Gasteiger partial charge in [-0.15, -0.1) is 0 Å². The predicted molar refractivity (Wildman–Crippen MR) is 100 cm³/mol. The van der Waals surface area contributed by atoms with Crippen molar-refractivity contribution in [1.29, 1.82) is 0 Å². The molecule has 2 atom stereocenters. The number of rotatable bonds is 6. The molecule has 154 valence electrons. The van der Waals surface area contributed by atoms with Crippen molar-refractivity contribution >= 4 is 18.0 Å². The Labute approximate surface area is 163 Å². The minimum absolute atomic E-state index is 0.0695. The van der Waals surface area contributed by atoms with E-state index < -0.39 is 35.4 Å². The van der Waals surface area contributed by atoms with E-state index in [2.05, 4.69) is 5.32 Å². The highest BCUT2D eigenvalue weighted by molar-refractivity contribution is 5.80. The van der Waals surface area contributed by atoms with Gasteiger partial charge in [0.25, 0.3) is 0 Å². The van der Waals surface area contributed by atoms with Gasteiger partial charge in [0, 0.05) is 25.6 Å². The van der Waals surface area contributed by atoms with Gasteiger partial charge in [-0.3, -0.25) is 9.59 Å². The van der Waals surface area contributed by atoms with Crippen LogP contribution in [0.5, 0.6) is 0 Å². The maximum Gasteiger partial charge on any atom is 0.407 e. The van der Waals surface area contributed by atoms with Gasteiger partial charge in [0.2, 0.25) is 5.91 Å². The summed E-state index contributed by atoms with van der Waals surface area (Å²) in [6, 6.07) is 5.49. The molecular weight excluding hydrogens is 367 g/mol. The minimum atomic E-state index is -0.926. The number of carbonyl (C=O) groups excluding carboxylic acids is 2. The zero-order valence-corrected chi connectivity index (χ0v) is 16.4. The van der Waals surface area contributed by atoms with E-state index in [0.29, 0.717) is 18.5 Å². The van der Waals surface area contributed by atoms with Crippen LogP contribution in [0.2, 0.25) is 0 Å². The Balaban J connectivity index is 2.07. The lowest BCUT2D eigenvalue weighted by Gasteiger charge is -2.25. The molecule has 0 bridgehead atoms. The Kier molecular flexibility index (Phi) is 6.99. The predicted octanol–water partition coefficient (Wildman–Crippen LogP) is 2.58. The van der Waals surface area contributed by atoms with E-state index in [4.69, 9.17) is 9.84 Å². The monoisotopic (exact) mass is 394 g/mol. The van der Waals surface area contributed by atoms with Crippen LogP contribution in [0.1, 0.15) is 39.2 Å². The number of likely N-dealkylation sites (tertiary alicyclic amines) is 1. The molecule has 2 rings (SSSR count). The Morgan fingerprint density at radius 2 is 2.00 bits per heavy atom. The third-order valence-electron chi connectivity index (χ3n) is 4.46. The van der Waals surface area contributed by atoms with Crippen LogP contribution in [0.3, 0.4) is 0 Å². The summed E-state index contributed by atoms with van der Waals surface area (Å²) in [4.78, 5) is 37.3. The lowest BCUT2D eigenvalue weighted by Crippen LogP contribution is -2.43. The van der Waals surface area contributed by atoms with E-state index in [0.717, 1.165) is 0 Å². The molecule has 2 amide bonds. The molecule has 0 aromatic heterocycles. The molecule has 0 aliphatic carbocycles. The number of amides is 2. The minimum Gasteiger partial charge on any atom is -0.481 e. The number of ether oxygens (including phenoxy) is 1. The van der Waals surface area contributed by atoms with Crippen molar-refractivity contribution in [1.82, 2.24) is 10.2 Å². The van der Waals surface area contributed by atoms with E-state index in [-0.39, 0.29) is 25.3 Å². The summed E-state index contributed by atoms with van der Waals surface area (Å²) in [6.45, 7) is 5.67. The first-order valence-corrected chi connectivity index (χ1v) is 9.28. The number of benzene rings is 1. The Morgan fingerprint density at radius 3 is 2.57 bits per heavy atom. The molecule has 1 aliphatic heterocycles. The number of halogens is 1. The molecule has 0 spiro atoms. The molecule has 1 unspecified atom stereocenters. The molecule has 1 aliphatic rings. The van der Waals surface area contributed by atoms with E-state index in [1.807, 2.05) is 0 Å². The van der Waals surface area contributed by atoms with Crippen LogP contribution in [0.25, 0.3) is 0 Å². The molecule has 0 radical (unpaired) electrons. The number of nitrogens with zero attached hydrogens (tertiary/aromatic N) is 1. The maximum absolute atomic E-state index is 14.0. The average Bonchev–Trinajstić information content (AvgIpc) is 3.05. The number of hydrogen-bond acceptors (Lipinski definition) is 4. The number of hydrogen-bond donors (Lipinski definition) is 2. The van der Waals surface area contributed by atoms with Gasteiger partial charge in [-0.05, 0) is 45.2 Å². The highest BCUT2D eigenvalue weighted by Gasteiger charge is 2.32. The number of carboxylic acids is 1. The lowest BCUT2D eigenvalue weighted by molar-refractivity contribution is -0.141. The molecule has 0 saturated carbocycles. The van der Waals surface area contributed by atoms with Gasteiger partial charge in [0.1, 0.15) is 11.4 Å². The average molecular weight is 394 g/mol. The number of alkyl carbamates (subject to hydrolysis) is 1. The van der Waals surface area contributed by atoms with Gasteiger partial charge in [-0.1, -0.05) is 18.2 Å². The number of carboxylic acid groups (broad SMARTS) is 1. The Morgan fingerprint density at radius 1 is 1.32 bits per heavy atom. The standard InChI is InChI=1S/C20H27FN2O5/c1-20(2,3)28-19(27)22-15(10-13-6-4-5-7-16(13)21)11-17(24)23-9-8-14(12-23)18(25)26/h4-7,14-15H,8-12H2,1-3H3,(H,22,27)(H,25,26)/t14?,15-/m1/s1. The second kappa shape index (κ2) is 9.03. The Hall–Kier alpha value is -2.64. The van der Waals surface area contributed by atoms with Crippen LogP contribution in [-0.4, -0.2) is 52.7 Å². The second-order valence-electron chi connectivity index (χ2n) is 8.01. The zero-order valence-electron chi connectivity index (χ0n) is 16.4. The SMILES string of the molecule is CC(C)(C)OC(=O)N[C@@H](CC(=O)N1CCC(C(=O)O)C1)Cc1ccccc1F. The van der Waals surface area contributed by atoms with Crippen molar-refractivity contribution in [2.75, 3.05) is 13.1 Å². The fraction of sp³-hybridized carbons (Fsp3) is 0.550. The molecule has 28 heavy (non-hydrogen) atoms. The topological polar surface area (TPSA) is 95.9 Å². The van der Waals surface area contributed by atoms with Crippen LogP contribution < -0.4 is 5.32 Å². The number of nitrogens with one attached hydrogen (secondary N) is 1. The molecule has 1 saturated heterocycles. The van der Waals surface area contributed by atoms with Crippen LogP contribution in [0.15, 0.2) is 24.3 Å². The van der Waals surface area contributed by atoms with E-state index in [1.54, 1.807) is 39.0 Å². The first kappa shape index (κ1) is 21.7. The molecule has 1 heterocycles. The van der Waals surface area contributed by atoms with Crippen molar-refractivity contribution < 1.29 is 28.6 Å². The van der Waals surface area contributed by atoms with Gasteiger partial charge in [0.15, 0.2) is 0 Å². The summed E-state index contributed by atoms with van der Waals surface area (Å²) in [5.41, 5.74) is -0.332. The summed E-state index contributed by atoms with van der Waals surface area (Å²) >= 11 is 0. The van der Waals surface area contributed by atoms with Crippen molar-refractivity contribution in [3.05, 3.63) is 35.6 Å². The summed E-state index contributed by atoms with van der Waals surface area (Å²) in [6.07, 6.45) is -0.238. The van der Waals surface area contributed by atoms with Crippen LogP contribution in [0, 0.1) is 11.7 Å². The van der Waals surface area contributed by atoms with Gasteiger partial charge in [-0.2, -0.15) is 0 Å². The molecular formula is C20H27FN2O5. The van der Waals surface area contributed by atoms with Gasteiger partial charge < -0.3 is 20.1 Å². The fourth-order valence-electron chi connectivity index (χ4n) is 3.11. The summed E-state index contributed by atoms with van der Waals surface area (Å²) in [5, 5.41) is 11.7. The van der Waals surface area contributed by atoms with Gasteiger partial charge in [-0.25, -0.2) is 9.18 Å². The van der Waals surface area contributed by atoms with Crippen molar-refractivity contribution in [3.8, 4) is 0 Å². The van der Waals surface area contributed by atoms with Gasteiger partial charge >= 0.3 is 12.1 Å². The highest BCUT2D eigenvalue weighted by Crippen LogP contribution is 2.19. The molecule has 1 aromatic rings. The highest BCUT2D eigenvalue weighted by atomic mass is 19.1. The molecule has 1 fully saturated rings. The van der Waals surface area contributed by atoms with Crippen molar-refractivity contribution in [3.63, 3.8) is 0 Å². The fourth-order valence-corrected chi connectivity index (χ4v) is 3.11. The Bertz CT molecular complexity index is 732. The largest absolute Gasteiger partial charge is 0.481 e. The van der Waals surface area contributed by atoms with E-state index >= 15 is 0 Å². The van der Waals surface area contributed by atoms with Crippen LogP contribution in [-0.2, 0) is 20.7 Å². The first-order chi connectivity index (χ1) is 13.0. The van der Waals surface area contributed by atoms with Crippen LogP contribution in [0.4, 0.5) is 9.18 Å². The summed E-state index contributed by atoms with van der Waals surface area (Å²) in [7, 11) is 0.